The van der Waals surface area contributed by atoms with Crippen LogP contribution >= 0.6 is 11.3 Å². The summed E-state index contributed by atoms with van der Waals surface area (Å²) in [5.41, 5.74) is 1.18. The number of hydrogen-bond acceptors (Lipinski definition) is 7. The number of aromatic nitrogens is 2. The minimum absolute atomic E-state index is 0.0266. The molecular formula is C24H29N5O3S. The van der Waals surface area contributed by atoms with Crippen molar-refractivity contribution < 1.29 is 14.3 Å². The van der Waals surface area contributed by atoms with Gasteiger partial charge in [0.25, 0.3) is 5.91 Å². The van der Waals surface area contributed by atoms with Crippen molar-refractivity contribution in [3.05, 3.63) is 42.2 Å². The van der Waals surface area contributed by atoms with Crippen LogP contribution in [0, 0.1) is 5.92 Å². The van der Waals surface area contributed by atoms with Crippen LogP contribution in [0.15, 0.2) is 36.5 Å². The van der Waals surface area contributed by atoms with Gasteiger partial charge < -0.3 is 20.7 Å². The van der Waals surface area contributed by atoms with Crippen LogP contribution in [0.1, 0.15) is 50.0 Å². The fraction of sp³-hybridized carbons (Fsp3) is 0.417. The molecule has 1 saturated carbocycles. The summed E-state index contributed by atoms with van der Waals surface area (Å²) in [6.45, 7) is 3.83. The maximum atomic E-state index is 12.2. The van der Waals surface area contributed by atoms with Crippen molar-refractivity contribution in [3.8, 4) is 11.5 Å². The predicted octanol–water partition coefficient (Wildman–Crippen LogP) is 4.34. The van der Waals surface area contributed by atoms with E-state index in [2.05, 4.69) is 20.9 Å². The van der Waals surface area contributed by atoms with Gasteiger partial charge in [0.15, 0.2) is 5.13 Å². The highest BCUT2D eigenvalue weighted by molar-refractivity contribution is 7.22. The van der Waals surface area contributed by atoms with E-state index in [1.165, 1.54) is 0 Å². The van der Waals surface area contributed by atoms with Crippen molar-refractivity contribution in [3.63, 3.8) is 0 Å². The van der Waals surface area contributed by atoms with E-state index < -0.39 is 0 Å². The number of amides is 2. The lowest BCUT2D eigenvalue weighted by molar-refractivity contribution is -0.125. The number of pyridine rings is 1. The second-order valence-electron chi connectivity index (χ2n) is 8.51. The first-order chi connectivity index (χ1) is 15.9. The summed E-state index contributed by atoms with van der Waals surface area (Å²) in [6, 6.07) is 9.32. The third-order valence-electron chi connectivity index (χ3n) is 5.71. The Morgan fingerprint density at radius 3 is 2.61 bits per heavy atom. The number of anilines is 1. The minimum atomic E-state index is -0.264. The third kappa shape index (κ3) is 5.60. The zero-order valence-electron chi connectivity index (χ0n) is 19.1. The fourth-order valence-corrected chi connectivity index (χ4v) is 4.83. The maximum absolute atomic E-state index is 12.2. The molecule has 3 N–H and O–H groups in total. The van der Waals surface area contributed by atoms with Gasteiger partial charge in [0.1, 0.15) is 17.2 Å². The molecule has 1 aromatic carbocycles. The Morgan fingerprint density at radius 1 is 1.09 bits per heavy atom. The number of ether oxygens (including phenoxy) is 1. The largest absolute Gasteiger partial charge is 0.457 e. The molecule has 1 fully saturated rings. The summed E-state index contributed by atoms with van der Waals surface area (Å²) in [5.74, 6) is 1.000. The molecule has 0 radical (unpaired) electrons. The molecule has 3 aromatic rings. The monoisotopic (exact) mass is 467 g/mol. The first kappa shape index (κ1) is 23.0. The number of nitrogens with zero attached hydrogens (tertiary/aromatic N) is 2. The summed E-state index contributed by atoms with van der Waals surface area (Å²) in [6.07, 6.45) is 5.79. The van der Waals surface area contributed by atoms with E-state index >= 15 is 0 Å². The average molecular weight is 468 g/mol. The highest BCUT2D eigenvalue weighted by Gasteiger charge is 2.27. The van der Waals surface area contributed by atoms with E-state index in [-0.39, 0.29) is 29.8 Å². The molecule has 9 heteroatoms. The molecule has 0 unspecified atom stereocenters. The molecule has 2 heterocycles. The quantitative estimate of drug-likeness (QED) is 0.477. The van der Waals surface area contributed by atoms with E-state index in [0.717, 1.165) is 41.0 Å². The van der Waals surface area contributed by atoms with Crippen molar-refractivity contribution in [2.75, 3.05) is 12.4 Å². The van der Waals surface area contributed by atoms with Crippen LogP contribution in [-0.2, 0) is 4.79 Å². The molecule has 0 bridgehead atoms. The van der Waals surface area contributed by atoms with Gasteiger partial charge in [-0.1, -0.05) is 38.0 Å². The van der Waals surface area contributed by atoms with Gasteiger partial charge in [-0.2, -0.15) is 0 Å². The van der Waals surface area contributed by atoms with Crippen molar-refractivity contribution in [1.29, 1.82) is 0 Å². The highest BCUT2D eigenvalue weighted by atomic mass is 32.1. The molecule has 4 rings (SSSR count). The molecule has 0 saturated heterocycles. The standard InChI is InChI=1S/C24H29N5O3S/c1-14(2)22(30)27-17-6-4-5-7-18(17)28-24-29-19-9-8-15(13-21(19)33-24)32-16-10-11-26-20(12-16)23(31)25-3/h8-14,17-18H,4-7H2,1-3H3,(H,25,31)(H,27,30)(H,28,29)/t17-,18+/m1/s1. The lowest BCUT2D eigenvalue weighted by atomic mass is 9.90. The Balaban J connectivity index is 1.47. The van der Waals surface area contributed by atoms with Crippen LogP contribution < -0.4 is 20.7 Å². The van der Waals surface area contributed by atoms with Gasteiger partial charge in [-0.3, -0.25) is 14.6 Å². The number of rotatable bonds is 7. The lowest BCUT2D eigenvalue weighted by Gasteiger charge is -2.33. The van der Waals surface area contributed by atoms with Gasteiger partial charge in [0, 0.05) is 43.4 Å². The molecule has 174 valence electrons. The fourth-order valence-electron chi connectivity index (χ4n) is 3.88. The van der Waals surface area contributed by atoms with E-state index in [9.17, 15) is 9.59 Å². The van der Waals surface area contributed by atoms with Crippen LogP contribution in [0.3, 0.4) is 0 Å². The molecule has 2 atom stereocenters. The number of fused-ring (bicyclic) bond motifs is 1. The summed E-state index contributed by atoms with van der Waals surface area (Å²) in [5, 5.41) is 10.2. The normalized spacial score (nSPS) is 18.2. The van der Waals surface area contributed by atoms with Gasteiger partial charge in [-0.05, 0) is 31.0 Å². The van der Waals surface area contributed by atoms with Crippen LogP contribution in [0.2, 0.25) is 0 Å². The van der Waals surface area contributed by atoms with E-state index in [1.807, 2.05) is 32.0 Å². The van der Waals surface area contributed by atoms with Gasteiger partial charge in [0.05, 0.1) is 10.2 Å². The number of nitrogens with one attached hydrogen (secondary N) is 3. The predicted molar refractivity (Wildman–Crippen MR) is 130 cm³/mol. The summed E-state index contributed by atoms with van der Waals surface area (Å²) in [4.78, 5) is 32.8. The van der Waals surface area contributed by atoms with Crippen molar-refractivity contribution in [1.82, 2.24) is 20.6 Å². The second kappa shape index (κ2) is 10.2. The maximum Gasteiger partial charge on any atom is 0.269 e. The summed E-state index contributed by atoms with van der Waals surface area (Å²) >= 11 is 1.56. The topological polar surface area (TPSA) is 105 Å². The number of thiazole rings is 1. The minimum Gasteiger partial charge on any atom is -0.457 e. The van der Waals surface area contributed by atoms with Gasteiger partial charge in [-0.25, -0.2) is 4.98 Å². The first-order valence-electron chi connectivity index (χ1n) is 11.3. The summed E-state index contributed by atoms with van der Waals surface area (Å²) < 4.78 is 6.95. The third-order valence-corrected chi connectivity index (χ3v) is 6.66. The molecule has 0 spiro atoms. The lowest BCUT2D eigenvalue weighted by Crippen LogP contribution is -2.49. The number of carbonyl (C=O) groups excluding carboxylic acids is 2. The van der Waals surface area contributed by atoms with Crippen molar-refractivity contribution >= 4 is 38.5 Å². The molecule has 0 aliphatic heterocycles. The highest BCUT2D eigenvalue weighted by Crippen LogP contribution is 2.33. The Hall–Kier alpha value is -3.20. The molecule has 2 amide bonds. The van der Waals surface area contributed by atoms with Gasteiger partial charge in [0.2, 0.25) is 5.91 Å². The zero-order valence-corrected chi connectivity index (χ0v) is 19.9. The van der Waals surface area contributed by atoms with Crippen molar-refractivity contribution in [2.24, 2.45) is 5.92 Å². The second-order valence-corrected chi connectivity index (χ2v) is 9.54. The van der Waals surface area contributed by atoms with E-state index in [4.69, 9.17) is 9.72 Å². The zero-order chi connectivity index (χ0) is 23.4. The van der Waals surface area contributed by atoms with Crippen LogP contribution in [0.25, 0.3) is 10.2 Å². The average Bonchev–Trinajstić information content (AvgIpc) is 3.21. The van der Waals surface area contributed by atoms with Crippen LogP contribution in [0.5, 0.6) is 11.5 Å². The Kier molecular flexibility index (Phi) is 7.08. The Labute approximate surface area is 197 Å². The Bertz CT molecular complexity index is 1150. The van der Waals surface area contributed by atoms with Gasteiger partial charge >= 0.3 is 0 Å². The first-order valence-corrected chi connectivity index (χ1v) is 12.1. The molecule has 33 heavy (non-hydrogen) atoms. The van der Waals surface area contributed by atoms with Crippen LogP contribution in [-0.4, -0.2) is 40.9 Å². The molecule has 1 aliphatic carbocycles. The molecular weight excluding hydrogens is 438 g/mol. The number of carbonyl (C=O) groups is 2. The molecule has 8 nitrogen and oxygen atoms in total. The van der Waals surface area contributed by atoms with E-state index in [0.29, 0.717) is 17.2 Å². The van der Waals surface area contributed by atoms with Crippen LogP contribution in [0.4, 0.5) is 5.13 Å². The van der Waals surface area contributed by atoms with E-state index in [1.54, 1.807) is 36.7 Å². The molecule has 2 aromatic heterocycles. The van der Waals surface area contributed by atoms with Crippen molar-refractivity contribution in [2.45, 2.75) is 51.6 Å². The summed E-state index contributed by atoms with van der Waals surface area (Å²) in [7, 11) is 1.56. The number of hydrogen-bond donors (Lipinski definition) is 3. The smallest absolute Gasteiger partial charge is 0.269 e. The Morgan fingerprint density at radius 2 is 1.85 bits per heavy atom. The molecule has 1 aliphatic rings. The SMILES string of the molecule is CNC(=O)c1cc(Oc2ccc3nc(N[C@H]4CCCC[C@H]4NC(=O)C(C)C)sc3c2)ccn1. The number of benzene rings is 1. The van der Waals surface area contributed by atoms with Gasteiger partial charge in [-0.15, -0.1) is 0 Å².